The van der Waals surface area contributed by atoms with E-state index in [2.05, 4.69) is 10.6 Å². The van der Waals surface area contributed by atoms with Crippen LogP contribution in [0.25, 0.3) is 0 Å². The molecular weight excluding hydrogens is 222 g/mol. The number of primary amides is 1. The molecule has 4 N–H and O–H groups in total. The van der Waals surface area contributed by atoms with Crippen molar-refractivity contribution in [3.05, 3.63) is 29.8 Å². The second-order valence-corrected chi connectivity index (χ2v) is 3.32. The molecule has 1 aromatic carbocycles. The van der Waals surface area contributed by atoms with Crippen molar-refractivity contribution in [2.75, 3.05) is 25.6 Å². The smallest absolute Gasteiger partial charge is 0.316 e. The Kier molecular flexibility index (Phi) is 4.96. The highest BCUT2D eigenvalue weighted by atomic mass is 16.5. The second kappa shape index (κ2) is 6.49. The Morgan fingerprint density at radius 2 is 2.18 bits per heavy atom. The predicted octanol–water partition coefficient (Wildman–Crippen LogP) is 0.553. The van der Waals surface area contributed by atoms with Crippen LogP contribution in [0.2, 0.25) is 0 Å². The van der Waals surface area contributed by atoms with Crippen molar-refractivity contribution in [2.45, 2.75) is 0 Å². The van der Waals surface area contributed by atoms with Crippen LogP contribution in [0.3, 0.4) is 0 Å². The van der Waals surface area contributed by atoms with Crippen molar-refractivity contribution in [2.24, 2.45) is 5.73 Å². The van der Waals surface area contributed by atoms with E-state index in [0.29, 0.717) is 24.4 Å². The van der Waals surface area contributed by atoms with Crippen molar-refractivity contribution in [1.82, 2.24) is 5.32 Å². The summed E-state index contributed by atoms with van der Waals surface area (Å²) in [5.41, 5.74) is 5.92. The molecule has 0 bridgehead atoms. The maximum absolute atomic E-state index is 11.6. The van der Waals surface area contributed by atoms with Gasteiger partial charge in [0.1, 0.15) is 0 Å². The van der Waals surface area contributed by atoms with Gasteiger partial charge >= 0.3 is 6.03 Å². The lowest BCUT2D eigenvalue weighted by molar-refractivity contribution is 0.0937. The number of rotatable bonds is 5. The summed E-state index contributed by atoms with van der Waals surface area (Å²) in [6.45, 7) is 0.883. The average Bonchev–Trinajstić information content (AvgIpc) is 2.28. The van der Waals surface area contributed by atoms with E-state index < -0.39 is 6.03 Å². The fourth-order valence-corrected chi connectivity index (χ4v) is 1.25. The zero-order chi connectivity index (χ0) is 12.7. The highest BCUT2D eigenvalue weighted by molar-refractivity contribution is 5.96. The van der Waals surface area contributed by atoms with Gasteiger partial charge in [-0.25, -0.2) is 4.79 Å². The first-order chi connectivity index (χ1) is 8.13. The summed E-state index contributed by atoms with van der Waals surface area (Å²) in [6, 6.07) is 5.84. The van der Waals surface area contributed by atoms with Crippen LogP contribution in [-0.4, -0.2) is 32.2 Å². The molecule has 17 heavy (non-hydrogen) atoms. The van der Waals surface area contributed by atoms with Gasteiger partial charge in [0.25, 0.3) is 5.91 Å². The van der Waals surface area contributed by atoms with Crippen LogP contribution in [0.15, 0.2) is 24.3 Å². The number of methoxy groups -OCH3 is 1. The molecule has 0 fully saturated rings. The van der Waals surface area contributed by atoms with Gasteiger partial charge in [-0.1, -0.05) is 6.07 Å². The number of hydrogen-bond donors (Lipinski definition) is 3. The molecule has 0 heterocycles. The zero-order valence-electron chi connectivity index (χ0n) is 9.53. The van der Waals surface area contributed by atoms with E-state index >= 15 is 0 Å². The van der Waals surface area contributed by atoms with Gasteiger partial charge in [-0.05, 0) is 18.2 Å². The van der Waals surface area contributed by atoms with E-state index in [1.807, 2.05) is 0 Å². The monoisotopic (exact) mass is 237 g/mol. The third kappa shape index (κ3) is 4.52. The topological polar surface area (TPSA) is 93.4 Å². The number of nitrogens with one attached hydrogen (secondary N) is 2. The number of carbonyl (C=O) groups is 2. The summed E-state index contributed by atoms with van der Waals surface area (Å²) in [6.07, 6.45) is 0. The minimum atomic E-state index is -0.665. The van der Waals surface area contributed by atoms with Crippen LogP contribution in [0.5, 0.6) is 0 Å². The molecule has 1 rings (SSSR count). The molecule has 0 aliphatic rings. The Bertz CT molecular complexity index is 407. The summed E-state index contributed by atoms with van der Waals surface area (Å²) >= 11 is 0. The maximum atomic E-state index is 11.6. The third-order valence-corrected chi connectivity index (χ3v) is 1.98. The summed E-state index contributed by atoms with van der Waals surface area (Å²) in [4.78, 5) is 22.3. The lowest BCUT2D eigenvalue weighted by atomic mass is 10.2. The Hall–Kier alpha value is -2.08. The number of amides is 3. The predicted molar refractivity (Wildman–Crippen MR) is 63.9 cm³/mol. The van der Waals surface area contributed by atoms with Gasteiger partial charge in [-0.15, -0.1) is 0 Å². The van der Waals surface area contributed by atoms with E-state index in [1.165, 1.54) is 0 Å². The van der Waals surface area contributed by atoms with E-state index in [9.17, 15) is 9.59 Å². The van der Waals surface area contributed by atoms with Crippen LogP contribution in [0, 0.1) is 0 Å². The number of ether oxygens (including phenoxy) is 1. The van der Waals surface area contributed by atoms with Gasteiger partial charge in [0.2, 0.25) is 0 Å². The minimum absolute atomic E-state index is 0.227. The molecule has 0 atom stereocenters. The van der Waals surface area contributed by atoms with Crippen molar-refractivity contribution in [3.8, 4) is 0 Å². The summed E-state index contributed by atoms with van der Waals surface area (Å²) in [5.74, 6) is -0.227. The molecule has 3 amide bonds. The van der Waals surface area contributed by atoms with Gasteiger partial charge in [0.15, 0.2) is 0 Å². The van der Waals surface area contributed by atoms with Crippen molar-refractivity contribution in [3.63, 3.8) is 0 Å². The molecule has 0 aromatic heterocycles. The van der Waals surface area contributed by atoms with Gasteiger partial charge in [0, 0.05) is 24.9 Å². The molecule has 0 saturated carbocycles. The minimum Gasteiger partial charge on any atom is -0.383 e. The molecule has 1 aromatic rings. The van der Waals surface area contributed by atoms with Gasteiger partial charge < -0.3 is 21.1 Å². The first-order valence-corrected chi connectivity index (χ1v) is 5.07. The Balaban J connectivity index is 2.63. The molecule has 0 aliphatic heterocycles. The average molecular weight is 237 g/mol. The van der Waals surface area contributed by atoms with E-state index in [1.54, 1.807) is 31.4 Å². The van der Waals surface area contributed by atoms with Crippen molar-refractivity contribution >= 4 is 17.6 Å². The summed E-state index contributed by atoms with van der Waals surface area (Å²) in [7, 11) is 1.56. The van der Waals surface area contributed by atoms with E-state index in [0.717, 1.165) is 0 Å². The Morgan fingerprint density at radius 1 is 1.41 bits per heavy atom. The van der Waals surface area contributed by atoms with E-state index in [4.69, 9.17) is 10.5 Å². The molecule has 0 saturated heterocycles. The standard InChI is InChI=1S/C11H15N3O3/c1-17-6-5-13-10(15)8-3-2-4-9(7-8)14-11(12)16/h2-4,7H,5-6H2,1H3,(H,13,15)(H3,12,14,16). The molecule has 6 heteroatoms. The Morgan fingerprint density at radius 3 is 2.82 bits per heavy atom. The van der Waals surface area contributed by atoms with Crippen LogP contribution >= 0.6 is 0 Å². The van der Waals surface area contributed by atoms with Crippen molar-refractivity contribution in [1.29, 1.82) is 0 Å². The number of hydrogen-bond acceptors (Lipinski definition) is 3. The SMILES string of the molecule is COCCNC(=O)c1cccc(NC(N)=O)c1. The largest absolute Gasteiger partial charge is 0.383 e. The maximum Gasteiger partial charge on any atom is 0.316 e. The van der Waals surface area contributed by atoms with Crippen molar-refractivity contribution < 1.29 is 14.3 Å². The van der Waals surface area contributed by atoms with E-state index in [-0.39, 0.29) is 5.91 Å². The Labute approximate surface area is 99.1 Å². The van der Waals surface area contributed by atoms with Gasteiger partial charge in [-0.2, -0.15) is 0 Å². The van der Waals surface area contributed by atoms with Crippen LogP contribution in [0.1, 0.15) is 10.4 Å². The van der Waals surface area contributed by atoms with Crippen LogP contribution in [-0.2, 0) is 4.74 Å². The highest BCUT2D eigenvalue weighted by Gasteiger charge is 2.05. The quantitative estimate of drug-likeness (QED) is 0.653. The number of nitrogens with two attached hydrogens (primary N) is 1. The fraction of sp³-hybridized carbons (Fsp3) is 0.273. The zero-order valence-corrected chi connectivity index (χ0v) is 9.53. The molecule has 0 aliphatic carbocycles. The number of benzene rings is 1. The molecule has 6 nitrogen and oxygen atoms in total. The first-order valence-electron chi connectivity index (χ1n) is 5.07. The molecule has 0 unspecified atom stereocenters. The lowest BCUT2D eigenvalue weighted by Gasteiger charge is -2.06. The summed E-state index contributed by atoms with van der Waals surface area (Å²) < 4.78 is 4.82. The normalized spacial score (nSPS) is 9.71. The summed E-state index contributed by atoms with van der Waals surface area (Å²) in [5, 5.41) is 5.07. The lowest BCUT2D eigenvalue weighted by Crippen LogP contribution is -2.27. The van der Waals surface area contributed by atoms with Gasteiger partial charge in [0.05, 0.1) is 6.61 Å². The second-order valence-electron chi connectivity index (χ2n) is 3.32. The third-order valence-electron chi connectivity index (χ3n) is 1.98. The fourth-order valence-electron chi connectivity index (χ4n) is 1.25. The molecular formula is C11H15N3O3. The molecule has 0 spiro atoms. The van der Waals surface area contributed by atoms with Gasteiger partial charge in [-0.3, -0.25) is 4.79 Å². The number of carbonyl (C=O) groups excluding carboxylic acids is 2. The number of anilines is 1. The van der Waals surface area contributed by atoms with Crippen LogP contribution < -0.4 is 16.4 Å². The number of urea groups is 1. The first kappa shape index (κ1) is 13.0. The molecule has 92 valence electrons. The molecule has 0 radical (unpaired) electrons. The van der Waals surface area contributed by atoms with Crippen LogP contribution in [0.4, 0.5) is 10.5 Å². The highest BCUT2D eigenvalue weighted by Crippen LogP contribution is 2.10.